The molecule has 0 fully saturated rings. The maximum absolute atomic E-state index is 9.07. The third-order valence-electron chi connectivity index (χ3n) is 2.58. The summed E-state index contributed by atoms with van der Waals surface area (Å²) in [7, 11) is 0. The minimum atomic E-state index is -0.177. The molecule has 0 radical (unpaired) electrons. The van der Waals surface area contributed by atoms with E-state index in [-0.39, 0.29) is 11.8 Å². The third kappa shape index (κ3) is 1.84. The topological polar surface area (TPSA) is 68.3 Å². The predicted molar refractivity (Wildman–Crippen MR) is 61.6 cm³/mol. The Hall–Kier alpha value is -2.02. The number of imidazole rings is 1. The molecule has 2 aromatic rings. The molecule has 0 saturated carbocycles. The molecule has 2 aromatic heterocycles. The molecule has 2 N–H and O–H groups in total. The Labute approximate surface area is 94.3 Å². The van der Waals surface area contributed by atoms with Crippen molar-refractivity contribution in [3.8, 4) is 17.5 Å². The van der Waals surface area contributed by atoms with E-state index in [1.807, 2.05) is 32.2 Å². The highest BCUT2D eigenvalue weighted by molar-refractivity contribution is 5.53. The Kier molecular flexibility index (Phi) is 2.78. The largest absolute Gasteiger partial charge is 0.360 e. The molecular weight excluding hydrogens is 200 g/mol. The lowest BCUT2D eigenvalue weighted by atomic mass is 9.97. The molecule has 2 heterocycles. The van der Waals surface area contributed by atoms with E-state index in [4.69, 9.17) is 5.26 Å². The molecule has 0 aliphatic carbocycles. The molecule has 0 amide bonds. The minimum Gasteiger partial charge on any atom is -0.360 e. The summed E-state index contributed by atoms with van der Waals surface area (Å²) in [5, 5.41) is 9.07. The fraction of sp³-hybridized carbons (Fsp3) is 0.333. The van der Waals surface area contributed by atoms with Crippen LogP contribution in [0.2, 0.25) is 0 Å². The lowest BCUT2D eigenvalue weighted by Crippen LogP contribution is -2.05. The lowest BCUT2D eigenvalue weighted by molar-refractivity contribution is 0.566. The second-order valence-corrected chi connectivity index (χ2v) is 4.12. The first-order chi connectivity index (χ1) is 7.72. The zero-order valence-corrected chi connectivity index (χ0v) is 9.36. The molecule has 0 spiro atoms. The molecule has 1 atom stereocenters. The number of hydrogen-bond acceptors (Lipinski definition) is 2. The van der Waals surface area contributed by atoms with Crippen LogP contribution in [0.5, 0.6) is 0 Å². The van der Waals surface area contributed by atoms with Crippen molar-refractivity contribution < 1.29 is 0 Å². The van der Waals surface area contributed by atoms with Gasteiger partial charge in [0.05, 0.1) is 23.7 Å². The van der Waals surface area contributed by atoms with Gasteiger partial charge in [-0.25, -0.2) is 4.98 Å². The Morgan fingerprint density at radius 3 is 2.75 bits per heavy atom. The number of nitriles is 1. The SMILES string of the molecule is CC(C)C(C#N)c1ncc(-c2ccc[nH]2)[nH]1. The first-order valence-corrected chi connectivity index (χ1v) is 5.30. The van der Waals surface area contributed by atoms with Crippen LogP contribution in [0.25, 0.3) is 11.4 Å². The van der Waals surface area contributed by atoms with Crippen LogP contribution in [-0.2, 0) is 0 Å². The van der Waals surface area contributed by atoms with Gasteiger partial charge < -0.3 is 9.97 Å². The van der Waals surface area contributed by atoms with E-state index in [2.05, 4.69) is 21.0 Å². The number of nitrogens with zero attached hydrogens (tertiary/aromatic N) is 2. The minimum absolute atomic E-state index is 0.177. The first-order valence-electron chi connectivity index (χ1n) is 5.30. The third-order valence-corrected chi connectivity index (χ3v) is 2.58. The number of aromatic nitrogens is 3. The maximum atomic E-state index is 9.07. The van der Waals surface area contributed by atoms with Crippen LogP contribution in [0.15, 0.2) is 24.5 Å². The molecule has 0 saturated heterocycles. The maximum Gasteiger partial charge on any atom is 0.124 e. The second-order valence-electron chi connectivity index (χ2n) is 4.12. The van der Waals surface area contributed by atoms with Crippen molar-refractivity contribution in [2.45, 2.75) is 19.8 Å². The summed E-state index contributed by atoms with van der Waals surface area (Å²) in [6.07, 6.45) is 3.62. The molecule has 4 heteroatoms. The lowest BCUT2D eigenvalue weighted by Gasteiger charge is -2.08. The fourth-order valence-electron chi connectivity index (χ4n) is 1.66. The van der Waals surface area contributed by atoms with E-state index in [1.165, 1.54) is 0 Å². The molecule has 0 bridgehead atoms. The summed E-state index contributed by atoms with van der Waals surface area (Å²) in [5.74, 6) is 0.818. The number of nitrogens with one attached hydrogen (secondary N) is 2. The first kappa shape index (κ1) is 10.5. The van der Waals surface area contributed by atoms with Gasteiger partial charge in [-0.2, -0.15) is 5.26 Å². The van der Waals surface area contributed by atoms with Crippen molar-refractivity contribution in [3.63, 3.8) is 0 Å². The van der Waals surface area contributed by atoms with Crippen LogP contribution in [0.1, 0.15) is 25.6 Å². The van der Waals surface area contributed by atoms with Crippen molar-refractivity contribution in [2.24, 2.45) is 5.92 Å². The van der Waals surface area contributed by atoms with Gasteiger partial charge in [0, 0.05) is 6.20 Å². The highest BCUT2D eigenvalue weighted by Gasteiger charge is 2.18. The molecule has 1 unspecified atom stereocenters. The van der Waals surface area contributed by atoms with Crippen molar-refractivity contribution in [2.75, 3.05) is 0 Å². The highest BCUT2D eigenvalue weighted by Crippen LogP contribution is 2.23. The standard InChI is InChI=1S/C12H14N4/c1-8(2)9(6-13)12-15-7-11(16-12)10-4-3-5-14-10/h3-5,7-9,14H,1-2H3,(H,15,16). The van der Waals surface area contributed by atoms with Gasteiger partial charge in [0.25, 0.3) is 0 Å². The van der Waals surface area contributed by atoms with Gasteiger partial charge in [0.2, 0.25) is 0 Å². The average molecular weight is 214 g/mol. The summed E-state index contributed by atoms with van der Waals surface area (Å²) in [4.78, 5) is 10.5. The number of aromatic amines is 2. The van der Waals surface area contributed by atoms with Gasteiger partial charge in [-0.05, 0) is 18.1 Å². The van der Waals surface area contributed by atoms with Crippen LogP contribution < -0.4 is 0 Å². The molecule has 0 aliphatic heterocycles. The van der Waals surface area contributed by atoms with Crippen molar-refractivity contribution in [1.82, 2.24) is 15.0 Å². The van der Waals surface area contributed by atoms with E-state index in [0.29, 0.717) is 0 Å². The fourth-order valence-corrected chi connectivity index (χ4v) is 1.66. The Morgan fingerprint density at radius 1 is 1.38 bits per heavy atom. The predicted octanol–water partition coefficient (Wildman–Crippen LogP) is 2.67. The van der Waals surface area contributed by atoms with Gasteiger partial charge in [-0.1, -0.05) is 13.8 Å². The molecule has 0 aliphatic rings. The molecule has 0 aromatic carbocycles. The van der Waals surface area contributed by atoms with E-state index < -0.39 is 0 Å². The molecule has 4 nitrogen and oxygen atoms in total. The van der Waals surface area contributed by atoms with Crippen LogP contribution in [-0.4, -0.2) is 15.0 Å². The van der Waals surface area contributed by atoms with Crippen molar-refractivity contribution in [1.29, 1.82) is 5.26 Å². The van der Waals surface area contributed by atoms with Crippen LogP contribution >= 0.6 is 0 Å². The zero-order valence-electron chi connectivity index (χ0n) is 9.36. The normalized spacial score (nSPS) is 12.6. The molecule has 16 heavy (non-hydrogen) atoms. The number of rotatable bonds is 3. The zero-order chi connectivity index (χ0) is 11.5. The molecule has 2 rings (SSSR count). The van der Waals surface area contributed by atoms with Gasteiger partial charge in [0.1, 0.15) is 11.7 Å². The average Bonchev–Trinajstić information content (AvgIpc) is 2.86. The second kappa shape index (κ2) is 4.23. The van der Waals surface area contributed by atoms with Gasteiger partial charge in [-0.3, -0.25) is 0 Å². The number of H-pyrrole nitrogens is 2. The summed E-state index contributed by atoms with van der Waals surface area (Å²) in [5.41, 5.74) is 1.90. The quantitative estimate of drug-likeness (QED) is 0.824. The van der Waals surface area contributed by atoms with Crippen LogP contribution in [0, 0.1) is 17.2 Å². The van der Waals surface area contributed by atoms with E-state index in [9.17, 15) is 0 Å². The van der Waals surface area contributed by atoms with Gasteiger partial charge in [-0.15, -0.1) is 0 Å². The highest BCUT2D eigenvalue weighted by atomic mass is 14.9. The van der Waals surface area contributed by atoms with Crippen LogP contribution in [0.4, 0.5) is 0 Å². The monoisotopic (exact) mass is 214 g/mol. The van der Waals surface area contributed by atoms with Gasteiger partial charge in [0.15, 0.2) is 0 Å². The summed E-state index contributed by atoms with van der Waals surface area (Å²) >= 11 is 0. The number of hydrogen-bond donors (Lipinski definition) is 2. The Bertz CT molecular complexity index is 487. The summed E-state index contributed by atoms with van der Waals surface area (Å²) in [6.45, 7) is 4.04. The smallest absolute Gasteiger partial charge is 0.124 e. The molecular formula is C12H14N4. The van der Waals surface area contributed by atoms with E-state index in [1.54, 1.807) is 6.20 Å². The van der Waals surface area contributed by atoms with Gasteiger partial charge >= 0.3 is 0 Å². The van der Waals surface area contributed by atoms with Crippen LogP contribution in [0.3, 0.4) is 0 Å². The summed E-state index contributed by atoms with van der Waals surface area (Å²) < 4.78 is 0. The Balaban J connectivity index is 2.30. The van der Waals surface area contributed by atoms with E-state index in [0.717, 1.165) is 17.2 Å². The van der Waals surface area contributed by atoms with E-state index >= 15 is 0 Å². The summed E-state index contributed by atoms with van der Waals surface area (Å²) in [6, 6.07) is 6.17. The van der Waals surface area contributed by atoms with Crippen molar-refractivity contribution in [3.05, 3.63) is 30.4 Å². The molecule has 82 valence electrons. The van der Waals surface area contributed by atoms with Crippen molar-refractivity contribution >= 4 is 0 Å². The Morgan fingerprint density at radius 2 is 2.19 bits per heavy atom.